The predicted molar refractivity (Wildman–Crippen MR) is 161 cm³/mol. The monoisotopic (exact) mass is 591 g/mol. The molecule has 3 N–H and O–H groups in total. The highest BCUT2D eigenvalue weighted by atomic mass is 32.1. The van der Waals surface area contributed by atoms with Gasteiger partial charge in [0.05, 0.1) is 17.0 Å². The summed E-state index contributed by atoms with van der Waals surface area (Å²) in [6.45, 7) is 8.77. The van der Waals surface area contributed by atoms with E-state index in [1.807, 2.05) is 13.0 Å². The minimum absolute atomic E-state index is 0.00255. The van der Waals surface area contributed by atoms with Gasteiger partial charge < -0.3 is 25.2 Å². The van der Waals surface area contributed by atoms with Crippen molar-refractivity contribution in [3.8, 4) is 0 Å². The quantitative estimate of drug-likeness (QED) is 0.205. The molecule has 0 fully saturated rings. The van der Waals surface area contributed by atoms with Gasteiger partial charge in [-0.1, -0.05) is 18.2 Å². The number of aryl methyl sites for hydroxylation is 1. The van der Waals surface area contributed by atoms with Gasteiger partial charge in [0.15, 0.2) is 5.78 Å². The lowest BCUT2D eigenvalue weighted by molar-refractivity contribution is -0.139. The smallest absolute Gasteiger partial charge is 0.408 e. The van der Waals surface area contributed by atoms with Crippen LogP contribution >= 0.6 is 11.3 Å². The average Bonchev–Trinajstić information content (AvgIpc) is 3.25. The molecule has 220 valence electrons. The summed E-state index contributed by atoms with van der Waals surface area (Å²) < 4.78 is 11.3. The Bertz CT molecular complexity index is 1700. The van der Waals surface area contributed by atoms with Crippen molar-refractivity contribution < 1.29 is 33.8 Å². The maximum absolute atomic E-state index is 13.4. The molecule has 42 heavy (non-hydrogen) atoms. The SMILES string of the molecule is COCc1ccc(C(C)=O)c2sc(C(=O)Nc3ccc4c(CC(NC(=O)OC(C)(C)C)C(=O)O)cccc4n3)c(C)c12. The van der Waals surface area contributed by atoms with Crippen LogP contribution in [0.25, 0.3) is 21.0 Å². The zero-order valence-electron chi connectivity index (χ0n) is 24.3. The topological polar surface area (TPSA) is 144 Å². The van der Waals surface area contributed by atoms with Gasteiger partial charge in [0.25, 0.3) is 5.91 Å². The molecule has 1 atom stereocenters. The maximum Gasteiger partial charge on any atom is 0.408 e. The van der Waals surface area contributed by atoms with Crippen LogP contribution in [0, 0.1) is 6.92 Å². The van der Waals surface area contributed by atoms with E-state index in [0.717, 1.165) is 21.2 Å². The van der Waals surface area contributed by atoms with E-state index in [2.05, 4.69) is 15.6 Å². The Balaban J connectivity index is 1.60. The molecule has 0 radical (unpaired) electrons. The number of carboxylic acid groups (broad SMARTS) is 1. The molecule has 1 unspecified atom stereocenters. The van der Waals surface area contributed by atoms with E-state index in [0.29, 0.717) is 39.3 Å². The van der Waals surface area contributed by atoms with E-state index in [-0.39, 0.29) is 18.1 Å². The van der Waals surface area contributed by atoms with Crippen molar-refractivity contribution in [1.82, 2.24) is 10.3 Å². The van der Waals surface area contributed by atoms with E-state index >= 15 is 0 Å². The number of carbonyl (C=O) groups is 4. The Hall–Kier alpha value is -4.35. The minimum atomic E-state index is -1.22. The number of fused-ring (bicyclic) bond motifs is 2. The second-order valence-electron chi connectivity index (χ2n) is 10.9. The fourth-order valence-corrected chi connectivity index (χ4v) is 6.02. The lowest BCUT2D eigenvalue weighted by Gasteiger charge is -2.22. The second-order valence-corrected chi connectivity index (χ2v) is 11.9. The molecular formula is C31H33N3O7S. The number of nitrogens with one attached hydrogen (secondary N) is 2. The number of amides is 2. The lowest BCUT2D eigenvalue weighted by atomic mass is 10.0. The Labute approximate surface area is 247 Å². The summed E-state index contributed by atoms with van der Waals surface area (Å²) >= 11 is 1.25. The van der Waals surface area contributed by atoms with Crippen LogP contribution in [-0.4, -0.2) is 52.6 Å². The number of nitrogens with zero attached hydrogens (tertiary/aromatic N) is 1. The molecule has 0 spiro atoms. The van der Waals surface area contributed by atoms with Crippen LogP contribution in [-0.2, 0) is 27.3 Å². The molecule has 0 aliphatic heterocycles. The van der Waals surface area contributed by atoms with Gasteiger partial charge in [-0.15, -0.1) is 11.3 Å². The second kappa shape index (κ2) is 12.3. The number of anilines is 1. The summed E-state index contributed by atoms with van der Waals surface area (Å²) in [7, 11) is 1.59. The van der Waals surface area contributed by atoms with Crippen molar-refractivity contribution in [3.63, 3.8) is 0 Å². The normalized spacial score (nSPS) is 12.2. The van der Waals surface area contributed by atoms with Gasteiger partial charge in [-0.25, -0.2) is 14.6 Å². The van der Waals surface area contributed by atoms with E-state index in [1.54, 1.807) is 64.3 Å². The van der Waals surface area contributed by atoms with Crippen LogP contribution in [0.3, 0.4) is 0 Å². The van der Waals surface area contributed by atoms with Crippen molar-refractivity contribution in [2.24, 2.45) is 0 Å². The van der Waals surface area contributed by atoms with Crippen molar-refractivity contribution in [3.05, 3.63) is 69.6 Å². The number of aromatic nitrogens is 1. The van der Waals surface area contributed by atoms with Gasteiger partial charge in [-0.05, 0) is 75.6 Å². The third-order valence-electron chi connectivity index (χ3n) is 6.53. The van der Waals surface area contributed by atoms with E-state index in [9.17, 15) is 24.3 Å². The number of rotatable bonds is 9. The van der Waals surface area contributed by atoms with Crippen LogP contribution < -0.4 is 10.6 Å². The maximum atomic E-state index is 13.4. The highest BCUT2D eigenvalue weighted by molar-refractivity contribution is 7.21. The van der Waals surface area contributed by atoms with Crippen molar-refractivity contribution >= 4 is 61.9 Å². The summed E-state index contributed by atoms with van der Waals surface area (Å²) in [5.74, 6) is -1.33. The summed E-state index contributed by atoms with van der Waals surface area (Å²) in [6, 6.07) is 11.0. The molecule has 2 aromatic heterocycles. The van der Waals surface area contributed by atoms with E-state index < -0.39 is 23.7 Å². The summed E-state index contributed by atoms with van der Waals surface area (Å²) in [5.41, 5.74) is 2.62. The number of aliphatic carboxylic acids is 1. The molecule has 2 aromatic carbocycles. The molecule has 11 heteroatoms. The van der Waals surface area contributed by atoms with Crippen LogP contribution in [0.1, 0.15) is 64.4 Å². The zero-order chi connectivity index (χ0) is 30.8. The highest BCUT2D eigenvalue weighted by Gasteiger charge is 2.25. The number of hydrogen-bond acceptors (Lipinski definition) is 8. The summed E-state index contributed by atoms with van der Waals surface area (Å²) in [6.07, 6.45) is -0.817. The number of hydrogen-bond donors (Lipinski definition) is 3. The lowest BCUT2D eigenvalue weighted by Crippen LogP contribution is -2.44. The largest absolute Gasteiger partial charge is 0.480 e. The Morgan fingerprint density at radius 1 is 1.05 bits per heavy atom. The summed E-state index contributed by atoms with van der Waals surface area (Å²) in [4.78, 5) is 54.8. The van der Waals surface area contributed by atoms with Gasteiger partial charge >= 0.3 is 12.1 Å². The zero-order valence-corrected chi connectivity index (χ0v) is 25.1. The van der Waals surface area contributed by atoms with Crippen LogP contribution in [0.5, 0.6) is 0 Å². The third kappa shape index (κ3) is 6.75. The molecule has 2 amide bonds. The van der Waals surface area contributed by atoms with Gasteiger partial charge in [0, 0.05) is 34.6 Å². The molecule has 4 rings (SSSR count). The number of Topliss-reactive ketones (excluding diaryl/α,β-unsaturated/α-hetero) is 1. The van der Waals surface area contributed by atoms with Gasteiger partial charge in [0.2, 0.25) is 0 Å². The molecule has 4 aromatic rings. The number of ether oxygens (including phenoxy) is 2. The number of carboxylic acids is 1. The van der Waals surface area contributed by atoms with Crippen LogP contribution in [0.2, 0.25) is 0 Å². The van der Waals surface area contributed by atoms with E-state index in [4.69, 9.17) is 9.47 Å². The molecule has 0 bridgehead atoms. The first-order valence-corrected chi connectivity index (χ1v) is 14.1. The molecule has 0 aliphatic carbocycles. The van der Waals surface area contributed by atoms with Gasteiger partial charge in [0.1, 0.15) is 17.5 Å². The van der Waals surface area contributed by atoms with Crippen LogP contribution in [0.15, 0.2) is 42.5 Å². The van der Waals surface area contributed by atoms with Crippen molar-refractivity contribution in [2.45, 2.75) is 59.3 Å². The first-order valence-electron chi connectivity index (χ1n) is 13.3. The number of thiophene rings is 1. The van der Waals surface area contributed by atoms with Crippen molar-refractivity contribution in [2.75, 3.05) is 12.4 Å². The Morgan fingerprint density at radius 3 is 2.43 bits per heavy atom. The number of benzene rings is 2. The minimum Gasteiger partial charge on any atom is -0.480 e. The molecule has 0 aliphatic rings. The van der Waals surface area contributed by atoms with Gasteiger partial charge in [-0.2, -0.15) is 0 Å². The molecule has 2 heterocycles. The Morgan fingerprint density at radius 2 is 1.79 bits per heavy atom. The number of carbonyl (C=O) groups excluding carboxylic acids is 3. The van der Waals surface area contributed by atoms with E-state index in [1.165, 1.54) is 18.3 Å². The fourth-order valence-electron chi connectivity index (χ4n) is 4.71. The first kappa shape index (κ1) is 30.6. The number of methoxy groups -OCH3 is 1. The molecule has 0 saturated heterocycles. The number of alkyl carbamates (subject to hydrolysis) is 1. The third-order valence-corrected chi connectivity index (χ3v) is 7.85. The molecular weight excluding hydrogens is 558 g/mol. The molecule has 10 nitrogen and oxygen atoms in total. The number of ketones is 1. The van der Waals surface area contributed by atoms with Crippen LogP contribution in [0.4, 0.5) is 10.6 Å². The predicted octanol–water partition coefficient (Wildman–Crippen LogP) is 5.88. The standard InChI is InChI=1S/C31H33N3O7S/c1-16-25-19(15-40-6)10-11-20(17(2)35)27(25)42-26(16)28(36)34-24-13-12-21-18(8-7-9-22(21)32-24)14-23(29(37)38)33-30(39)41-31(3,4)5/h7-13,23H,14-15H2,1-6H3,(H,33,39)(H,37,38)(H,32,34,36). The number of pyridine rings is 1. The summed E-state index contributed by atoms with van der Waals surface area (Å²) in [5, 5.41) is 16.5. The van der Waals surface area contributed by atoms with Crippen molar-refractivity contribution in [1.29, 1.82) is 0 Å². The highest BCUT2D eigenvalue weighted by Crippen LogP contribution is 2.37. The Kier molecular flexibility index (Phi) is 8.93. The average molecular weight is 592 g/mol. The fraction of sp³-hybridized carbons (Fsp3) is 0.323. The van der Waals surface area contributed by atoms with Gasteiger partial charge in [-0.3, -0.25) is 9.59 Å². The first-order chi connectivity index (χ1) is 19.8. The molecule has 0 saturated carbocycles.